The molecule has 0 radical (unpaired) electrons. The third kappa shape index (κ3) is 2.21. The fraction of sp³-hybridized carbons (Fsp3) is 0.400. The van der Waals surface area contributed by atoms with Crippen molar-refractivity contribution in [2.24, 2.45) is 12.8 Å². The van der Waals surface area contributed by atoms with E-state index in [9.17, 15) is 0 Å². The van der Waals surface area contributed by atoms with Crippen LogP contribution in [0.2, 0.25) is 5.15 Å². The van der Waals surface area contributed by atoms with Crippen molar-refractivity contribution in [2.75, 3.05) is 0 Å². The van der Waals surface area contributed by atoms with Gasteiger partial charge >= 0.3 is 0 Å². The molecule has 1 heterocycles. The van der Waals surface area contributed by atoms with E-state index in [-0.39, 0.29) is 12.4 Å². The summed E-state index contributed by atoms with van der Waals surface area (Å²) >= 11 is 7.85. The first-order chi connectivity index (χ1) is 4.66. The van der Waals surface area contributed by atoms with E-state index in [1.807, 2.05) is 7.05 Å². The number of hydrogen-bond acceptors (Lipinski definition) is 2. The number of aryl methyl sites for hydroxylation is 1. The summed E-state index contributed by atoms with van der Waals surface area (Å²) in [7, 11) is 1.83. The minimum Gasteiger partial charge on any atom is -0.325 e. The van der Waals surface area contributed by atoms with E-state index in [1.165, 1.54) is 0 Å². The molecular weight excluding hydrogens is 300 g/mol. The average Bonchev–Trinajstić information content (AvgIpc) is 2.09. The molecule has 0 aliphatic rings. The topological polar surface area (TPSA) is 43.8 Å². The Hall–Kier alpha value is 0.480. The Bertz CT molecular complexity index is 248. The largest absolute Gasteiger partial charge is 0.325 e. The summed E-state index contributed by atoms with van der Waals surface area (Å²) in [6.45, 7) is 0.481. The Balaban J connectivity index is 0.000001000. The minimum atomic E-state index is 0. The number of nitrogens with zero attached hydrogens (tertiary/aromatic N) is 2. The number of halogens is 3. The van der Waals surface area contributed by atoms with Crippen LogP contribution in [0.15, 0.2) is 0 Å². The van der Waals surface area contributed by atoms with E-state index in [1.54, 1.807) is 4.68 Å². The molecule has 64 valence electrons. The van der Waals surface area contributed by atoms with Crippen LogP contribution < -0.4 is 5.73 Å². The van der Waals surface area contributed by atoms with Crippen LogP contribution >= 0.6 is 46.6 Å². The molecule has 0 unspecified atom stereocenters. The molecule has 0 saturated heterocycles. The highest BCUT2D eigenvalue weighted by Gasteiger charge is 2.08. The first-order valence-electron chi connectivity index (χ1n) is 2.73. The maximum absolute atomic E-state index is 5.72. The molecule has 0 fully saturated rings. The molecule has 11 heavy (non-hydrogen) atoms. The van der Waals surface area contributed by atoms with Gasteiger partial charge in [-0.05, 0) is 22.6 Å². The molecule has 1 aromatic rings. The first-order valence-corrected chi connectivity index (χ1v) is 4.19. The zero-order chi connectivity index (χ0) is 7.72. The van der Waals surface area contributed by atoms with Crippen molar-refractivity contribution >= 4 is 46.6 Å². The van der Waals surface area contributed by atoms with Crippen molar-refractivity contribution in [1.29, 1.82) is 0 Å². The van der Waals surface area contributed by atoms with Gasteiger partial charge in [-0.2, -0.15) is 5.10 Å². The predicted molar refractivity (Wildman–Crippen MR) is 56.1 cm³/mol. The number of nitrogens with two attached hydrogens (primary N) is 1. The fourth-order valence-electron chi connectivity index (χ4n) is 0.719. The molecule has 0 bridgehead atoms. The highest BCUT2D eigenvalue weighted by molar-refractivity contribution is 14.1. The molecule has 0 aromatic carbocycles. The summed E-state index contributed by atoms with van der Waals surface area (Å²) in [6.07, 6.45) is 0. The standard InChI is InChI=1S/C5H7ClIN3.ClH/c1-10-3(2-8)4(7)5(6)9-10;/h2,8H2,1H3;1H. The van der Waals surface area contributed by atoms with Gasteiger partial charge in [-0.15, -0.1) is 12.4 Å². The lowest BCUT2D eigenvalue weighted by Crippen LogP contribution is -2.05. The van der Waals surface area contributed by atoms with Gasteiger partial charge in [-0.1, -0.05) is 11.6 Å². The van der Waals surface area contributed by atoms with Gasteiger partial charge in [0.25, 0.3) is 0 Å². The van der Waals surface area contributed by atoms with Gasteiger partial charge in [0.1, 0.15) is 0 Å². The third-order valence-corrected chi connectivity index (χ3v) is 2.97. The van der Waals surface area contributed by atoms with Crippen molar-refractivity contribution < 1.29 is 0 Å². The normalized spacial score (nSPS) is 9.45. The van der Waals surface area contributed by atoms with Gasteiger partial charge in [0.2, 0.25) is 0 Å². The summed E-state index contributed by atoms with van der Waals surface area (Å²) in [4.78, 5) is 0. The van der Waals surface area contributed by atoms with Crippen molar-refractivity contribution in [2.45, 2.75) is 6.54 Å². The lowest BCUT2D eigenvalue weighted by molar-refractivity contribution is 0.711. The van der Waals surface area contributed by atoms with Crippen LogP contribution in [0.5, 0.6) is 0 Å². The van der Waals surface area contributed by atoms with Crippen LogP contribution in [0, 0.1) is 3.57 Å². The van der Waals surface area contributed by atoms with E-state index in [0.717, 1.165) is 9.26 Å². The zero-order valence-corrected chi connectivity index (χ0v) is 9.57. The quantitative estimate of drug-likeness (QED) is 0.800. The van der Waals surface area contributed by atoms with E-state index in [2.05, 4.69) is 27.7 Å². The second-order valence-corrected chi connectivity index (χ2v) is 3.32. The van der Waals surface area contributed by atoms with Crippen molar-refractivity contribution in [3.63, 3.8) is 0 Å². The van der Waals surface area contributed by atoms with Gasteiger partial charge in [0.15, 0.2) is 5.15 Å². The molecule has 1 aromatic heterocycles. The van der Waals surface area contributed by atoms with Crippen LogP contribution in [0.3, 0.4) is 0 Å². The number of aromatic nitrogens is 2. The molecule has 0 aliphatic carbocycles. The highest BCUT2D eigenvalue weighted by Crippen LogP contribution is 2.19. The molecule has 6 heteroatoms. The van der Waals surface area contributed by atoms with E-state index in [0.29, 0.717) is 11.7 Å². The van der Waals surface area contributed by atoms with Crippen LogP contribution in [-0.4, -0.2) is 9.78 Å². The second-order valence-electron chi connectivity index (χ2n) is 1.88. The molecule has 0 spiro atoms. The molecule has 0 aliphatic heterocycles. The predicted octanol–water partition coefficient (Wildman–Crippen LogP) is 1.56. The first kappa shape index (κ1) is 11.5. The van der Waals surface area contributed by atoms with E-state index < -0.39 is 0 Å². The maximum Gasteiger partial charge on any atom is 0.164 e. The highest BCUT2D eigenvalue weighted by atomic mass is 127. The van der Waals surface area contributed by atoms with Crippen LogP contribution in [0.4, 0.5) is 0 Å². The monoisotopic (exact) mass is 307 g/mol. The summed E-state index contributed by atoms with van der Waals surface area (Å²) in [5.41, 5.74) is 6.42. The molecule has 3 nitrogen and oxygen atoms in total. The lowest BCUT2D eigenvalue weighted by atomic mass is 10.4. The second kappa shape index (κ2) is 4.49. The Morgan fingerprint density at radius 1 is 1.73 bits per heavy atom. The Morgan fingerprint density at radius 2 is 2.27 bits per heavy atom. The number of hydrogen-bond donors (Lipinski definition) is 1. The average molecular weight is 308 g/mol. The lowest BCUT2D eigenvalue weighted by Gasteiger charge is -1.95. The van der Waals surface area contributed by atoms with Gasteiger partial charge < -0.3 is 5.73 Å². The number of rotatable bonds is 1. The van der Waals surface area contributed by atoms with Gasteiger partial charge in [0.05, 0.1) is 9.26 Å². The Labute approximate surface area is 89.8 Å². The summed E-state index contributed by atoms with van der Waals surface area (Å²) in [5.74, 6) is 0. The van der Waals surface area contributed by atoms with Crippen LogP contribution in [0.25, 0.3) is 0 Å². The Morgan fingerprint density at radius 3 is 2.45 bits per heavy atom. The van der Waals surface area contributed by atoms with Crippen LogP contribution in [0.1, 0.15) is 5.69 Å². The summed E-state index contributed by atoms with van der Waals surface area (Å²) in [6, 6.07) is 0. The Kier molecular flexibility index (Phi) is 4.69. The molecule has 2 N–H and O–H groups in total. The molecule has 0 amide bonds. The maximum atomic E-state index is 5.72. The smallest absolute Gasteiger partial charge is 0.164 e. The van der Waals surface area contributed by atoms with Gasteiger partial charge in [-0.25, -0.2) is 0 Å². The van der Waals surface area contributed by atoms with Crippen LogP contribution in [-0.2, 0) is 13.6 Å². The van der Waals surface area contributed by atoms with Crippen molar-refractivity contribution in [1.82, 2.24) is 9.78 Å². The molecular formula is C5H8Cl2IN3. The minimum absolute atomic E-state index is 0. The van der Waals surface area contributed by atoms with Crippen molar-refractivity contribution in [3.05, 3.63) is 14.4 Å². The summed E-state index contributed by atoms with van der Waals surface area (Å²) < 4.78 is 2.65. The van der Waals surface area contributed by atoms with Crippen molar-refractivity contribution in [3.8, 4) is 0 Å². The fourth-order valence-corrected chi connectivity index (χ4v) is 1.62. The summed E-state index contributed by atoms with van der Waals surface area (Å²) in [5, 5.41) is 4.51. The van der Waals surface area contributed by atoms with E-state index >= 15 is 0 Å². The zero-order valence-electron chi connectivity index (χ0n) is 5.84. The SMILES string of the molecule is Cl.Cn1nc(Cl)c(I)c1CN. The molecule has 0 saturated carbocycles. The third-order valence-electron chi connectivity index (χ3n) is 1.26. The van der Waals surface area contributed by atoms with Gasteiger partial charge in [-0.3, -0.25) is 4.68 Å². The molecule has 0 atom stereocenters. The molecule has 1 rings (SSSR count). The van der Waals surface area contributed by atoms with E-state index in [4.69, 9.17) is 17.3 Å². The van der Waals surface area contributed by atoms with Gasteiger partial charge in [0, 0.05) is 13.6 Å².